The molecule has 0 spiro atoms. The van der Waals surface area contributed by atoms with Gasteiger partial charge in [-0.05, 0) is 32.9 Å². The number of carbonyl (C=O) groups excluding carboxylic acids is 1. The molecule has 2 aliphatic rings. The summed E-state index contributed by atoms with van der Waals surface area (Å²) in [5.74, 6) is 0.649. The van der Waals surface area contributed by atoms with Gasteiger partial charge >= 0.3 is 6.03 Å². The Hall–Kier alpha value is -0.850. The topological polar surface area (TPSA) is 56.8 Å². The second-order valence-electron chi connectivity index (χ2n) is 7.20. The minimum absolute atomic E-state index is 0.0908. The summed E-state index contributed by atoms with van der Waals surface area (Å²) in [5.41, 5.74) is 0. The molecule has 1 aliphatic carbocycles. The molecule has 2 amide bonds. The summed E-state index contributed by atoms with van der Waals surface area (Å²) >= 11 is 0. The Morgan fingerprint density at radius 2 is 1.96 bits per heavy atom. The van der Waals surface area contributed by atoms with Crippen molar-refractivity contribution in [3.63, 3.8) is 0 Å². The highest BCUT2D eigenvalue weighted by Gasteiger charge is 2.23. The number of rotatable bonds is 6. The van der Waals surface area contributed by atoms with Crippen LogP contribution in [0.1, 0.15) is 32.6 Å². The molecule has 1 aliphatic heterocycles. The highest BCUT2D eigenvalue weighted by Crippen LogP contribution is 2.25. The van der Waals surface area contributed by atoms with E-state index in [0.29, 0.717) is 37.8 Å². The Morgan fingerprint density at radius 3 is 2.74 bits per heavy atom. The Kier molecular flexibility index (Phi) is 7.59. The number of likely N-dealkylation sites (N-methyl/N-ethyl adjacent to an activating group) is 2. The second-order valence-corrected chi connectivity index (χ2v) is 7.20. The Bertz CT molecular complexity index is 367. The van der Waals surface area contributed by atoms with Crippen molar-refractivity contribution in [1.82, 2.24) is 20.4 Å². The van der Waals surface area contributed by atoms with E-state index in [1.807, 2.05) is 0 Å². The maximum Gasteiger partial charge on any atom is 0.314 e. The fraction of sp³-hybridized carbons (Fsp3) is 0.941. The lowest BCUT2D eigenvalue weighted by Crippen LogP contribution is -2.55. The van der Waals surface area contributed by atoms with E-state index in [-0.39, 0.29) is 6.03 Å². The first-order valence-corrected chi connectivity index (χ1v) is 9.08. The highest BCUT2D eigenvalue weighted by molar-refractivity contribution is 5.73. The van der Waals surface area contributed by atoms with E-state index in [0.717, 1.165) is 26.1 Å². The van der Waals surface area contributed by atoms with Gasteiger partial charge in [-0.3, -0.25) is 4.90 Å². The maximum absolute atomic E-state index is 11.9. The Balaban J connectivity index is 1.54. The van der Waals surface area contributed by atoms with Crippen LogP contribution in [0.2, 0.25) is 0 Å². The summed E-state index contributed by atoms with van der Waals surface area (Å²) in [6.45, 7) is 7.28. The Labute approximate surface area is 140 Å². The van der Waals surface area contributed by atoms with Crippen molar-refractivity contribution >= 4 is 6.03 Å². The minimum Gasteiger partial charge on any atom is -0.376 e. The molecule has 2 fully saturated rings. The van der Waals surface area contributed by atoms with E-state index >= 15 is 0 Å². The molecule has 1 saturated carbocycles. The van der Waals surface area contributed by atoms with E-state index in [2.05, 4.69) is 41.5 Å². The lowest BCUT2D eigenvalue weighted by molar-refractivity contribution is -0.00244. The summed E-state index contributed by atoms with van der Waals surface area (Å²) in [6.07, 6.45) is 5.40. The molecule has 3 atom stereocenters. The van der Waals surface area contributed by atoms with Gasteiger partial charge in [0, 0.05) is 38.8 Å². The first-order chi connectivity index (χ1) is 11.1. The highest BCUT2D eigenvalue weighted by atomic mass is 16.5. The van der Waals surface area contributed by atoms with Gasteiger partial charge in [0.25, 0.3) is 0 Å². The zero-order valence-electron chi connectivity index (χ0n) is 15.0. The lowest BCUT2D eigenvalue weighted by Gasteiger charge is -2.37. The summed E-state index contributed by atoms with van der Waals surface area (Å²) in [6, 6.07) is 0.297. The predicted octanol–water partition coefficient (Wildman–Crippen LogP) is 1.13. The van der Waals surface area contributed by atoms with Crippen LogP contribution in [-0.2, 0) is 4.74 Å². The van der Waals surface area contributed by atoms with Crippen molar-refractivity contribution in [2.75, 3.05) is 53.4 Å². The first-order valence-electron chi connectivity index (χ1n) is 9.08. The molecule has 0 aromatic rings. The van der Waals surface area contributed by atoms with Gasteiger partial charge < -0.3 is 20.3 Å². The van der Waals surface area contributed by atoms with E-state index < -0.39 is 0 Å². The van der Waals surface area contributed by atoms with Gasteiger partial charge in [0.15, 0.2) is 0 Å². The predicted molar refractivity (Wildman–Crippen MR) is 92.7 cm³/mol. The van der Waals surface area contributed by atoms with Gasteiger partial charge in [-0.2, -0.15) is 0 Å². The molecular formula is C17H34N4O2. The molecular weight excluding hydrogens is 292 g/mol. The number of hydrogen-bond acceptors (Lipinski definition) is 4. The average molecular weight is 326 g/mol. The molecule has 0 aromatic carbocycles. The molecule has 6 nitrogen and oxygen atoms in total. The third-order valence-electron chi connectivity index (χ3n) is 5.23. The summed E-state index contributed by atoms with van der Waals surface area (Å²) in [4.78, 5) is 16.5. The number of amides is 2. The van der Waals surface area contributed by atoms with E-state index in [1.165, 1.54) is 19.3 Å². The van der Waals surface area contributed by atoms with Crippen LogP contribution in [0.5, 0.6) is 0 Å². The molecule has 0 radical (unpaired) electrons. The molecule has 0 unspecified atom stereocenters. The van der Waals surface area contributed by atoms with Crippen LogP contribution in [0, 0.1) is 5.92 Å². The minimum atomic E-state index is -0.0908. The molecule has 1 saturated heterocycles. The number of urea groups is 1. The van der Waals surface area contributed by atoms with Crippen LogP contribution in [0.3, 0.4) is 0 Å². The standard InChI is InChI=1S/C17H34N4O2/c1-14-6-4-5-7-16(14)23-11-8-18-17(22)19-12-15-13-20(2)9-10-21(15)3/h14-16H,4-13H2,1-3H3,(H2,18,19,22)/t14-,15+,16-/m1/s1. The van der Waals surface area contributed by atoms with E-state index in [1.54, 1.807) is 0 Å². The molecule has 0 aromatic heterocycles. The van der Waals surface area contributed by atoms with Crippen molar-refractivity contribution in [1.29, 1.82) is 0 Å². The SMILES string of the molecule is C[C@@H]1CCCC[C@H]1OCCNC(=O)NC[C@H]1CN(C)CCN1C. The van der Waals surface area contributed by atoms with Gasteiger partial charge in [0.1, 0.15) is 0 Å². The summed E-state index contributed by atoms with van der Waals surface area (Å²) in [7, 11) is 4.25. The average Bonchev–Trinajstić information content (AvgIpc) is 2.54. The smallest absolute Gasteiger partial charge is 0.314 e. The number of ether oxygens (including phenoxy) is 1. The molecule has 2 N–H and O–H groups in total. The van der Waals surface area contributed by atoms with Crippen LogP contribution >= 0.6 is 0 Å². The van der Waals surface area contributed by atoms with Crippen molar-refractivity contribution in [2.24, 2.45) is 5.92 Å². The van der Waals surface area contributed by atoms with Gasteiger partial charge in [0.05, 0.1) is 12.7 Å². The van der Waals surface area contributed by atoms with E-state index in [4.69, 9.17) is 4.74 Å². The van der Waals surface area contributed by atoms with Crippen LogP contribution in [-0.4, -0.2) is 81.4 Å². The normalized spacial score (nSPS) is 30.1. The second kappa shape index (κ2) is 9.45. The number of hydrogen-bond donors (Lipinski definition) is 2. The molecule has 1 heterocycles. The van der Waals surface area contributed by atoms with Crippen molar-refractivity contribution in [3.05, 3.63) is 0 Å². The zero-order chi connectivity index (χ0) is 16.7. The number of nitrogens with zero attached hydrogens (tertiary/aromatic N) is 2. The van der Waals surface area contributed by atoms with Crippen LogP contribution in [0.25, 0.3) is 0 Å². The summed E-state index contributed by atoms with van der Waals surface area (Å²) in [5, 5.41) is 5.87. The van der Waals surface area contributed by atoms with Gasteiger partial charge in [0.2, 0.25) is 0 Å². The lowest BCUT2D eigenvalue weighted by atomic mass is 9.88. The Morgan fingerprint density at radius 1 is 1.17 bits per heavy atom. The van der Waals surface area contributed by atoms with Crippen LogP contribution in [0.4, 0.5) is 4.79 Å². The van der Waals surface area contributed by atoms with Crippen LogP contribution < -0.4 is 10.6 Å². The van der Waals surface area contributed by atoms with E-state index in [9.17, 15) is 4.79 Å². The molecule has 23 heavy (non-hydrogen) atoms. The number of nitrogens with one attached hydrogen (secondary N) is 2. The van der Waals surface area contributed by atoms with Crippen molar-refractivity contribution in [2.45, 2.75) is 44.8 Å². The third kappa shape index (κ3) is 6.28. The third-order valence-corrected chi connectivity index (χ3v) is 5.23. The fourth-order valence-electron chi connectivity index (χ4n) is 3.50. The van der Waals surface area contributed by atoms with Crippen molar-refractivity contribution in [3.8, 4) is 0 Å². The molecule has 0 bridgehead atoms. The monoisotopic (exact) mass is 326 g/mol. The molecule has 2 rings (SSSR count). The fourth-order valence-corrected chi connectivity index (χ4v) is 3.50. The quantitative estimate of drug-likeness (QED) is 0.719. The van der Waals surface area contributed by atoms with Gasteiger partial charge in [-0.1, -0.05) is 19.8 Å². The summed E-state index contributed by atoms with van der Waals surface area (Å²) < 4.78 is 5.91. The maximum atomic E-state index is 11.9. The van der Waals surface area contributed by atoms with Gasteiger partial charge in [-0.15, -0.1) is 0 Å². The van der Waals surface area contributed by atoms with Gasteiger partial charge in [-0.25, -0.2) is 4.79 Å². The largest absolute Gasteiger partial charge is 0.376 e. The first kappa shape index (κ1) is 18.5. The molecule has 134 valence electrons. The molecule has 6 heteroatoms. The number of piperazine rings is 1. The van der Waals surface area contributed by atoms with Crippen LogP contribution in [0.15, 0.2) is 0 Å². The number of carbonyl (C=O) groups is 1. The zero-order valence-corrected chi connectivity index (χ0v) is 15.0. The van der Waals surface area contributed by atoms with Crippen molar-refractivity contribution < 1.29 is 9.53 Å².